The first-order valence-electron chi connectivity index (χ1n) is 8.06. The van der Waals surface area contributed by atoms with Crippen LogP contribution >= 0.6 is 11.8 Å². The van der Waals surface area contributed by atoms with Crippen LogP contribution in [0.2, 0.25) is 0 Å². The second-order valence-corrected chi connectivity index (χ2v) is 6.93. The first-order chi connectivity index (χ1) is 11.1. The van der Waals surface area contributed by atoms with Crippen LogP contribution in [0.25, 0.3) is 0 Å². The molecule has 1 fully saturated rings. The predicted octanol–water partition coefficient (Wildman–Crippen LogP) is 2.32. The number of nitrogens with zero attached hydrogens (tertiary/aromatic N) is 1. The fourth-order valence-electron chi connectivity index (χ4n) is 2.56. The van der Waals surface area contributed by atoms with E-state index < -0.39 is 6.03 Å². The Kier molecular flexibility index (Phi) is 6.92. The first kappa shape index (κ1) is 17.8. The van der Waals surface area contributed by atoms with Crippen LogP contribution in [0.5, 0.6) is 0 Å². The van der Waals surface area contributed by atoms with Crippen LogP contribution in [0, 0.1) is 6.92 Å². The number of thioether (sulfide) groups is 1. The summed E-state index contributed by atoms with van der Waals surface area (Å²) >= 11 is 1.91. The van der Waals surface area contributed by atoms with Gasteiger partial charge in [-0.15, -0.1) is 0 Å². The largest absolute Gasteiger partial charge is 0.338 e. The summed E-state index contributed by atoms with van der Waals surface area (Å²) in [7, 11) is 0. The van der Waals surface area contributed by atoms with Crippen LogP contribution in [0.1, 0.15) is 30.5 Å². The Morgan fingerprint density at radius 1 is 1.30 bits per heavy atom. The van der Waals surface area contributed by atoms with Gasteiger partial charge in [0.1, 0.15) is 0 Å². The molecule has 1 aromatic rings. The van der Waals surface area contributed by atoms with Gasteiger partial charge in [0.05, 0.1) is 6.54 Å². The standard InChI is InChI=1S/C17H25N3O2S/c1-3-8-18-17(22)19-16(21)11-20-9-10-23-12-15(20)14-6-4-13(2)5-7-14/h4-7,15H,3,8-12H2,1-2H3,(H2,18,19,21,22). The smallest absolute Gasteiger partial charge is 0.321 e. The zero-order chi connectivity index (χ0) is 16.7. The third kappa shape index (κ3) is 5.55. The van der Waals surface area contributed by atoms with Gasteiger partial charge in [-0.05, 0) is 18.9 Å². The van der Waals surface area contributed by atoms with E-state index in [2.05, 4.69) is 46.7 Å². The number of hydrogen-bond donors (Lipinski definition) is 2. The number of aryl methyl sites for hydroxylation is 1. The van der Waals surface area contributed by atoms with Crippen LogP contribution in [-0.4, -0.2) is 48.0 Å². The highest BCUT2D eigenvalue weighted by Crippen LogP contribution is 2.29. The monoisotopic (exact) mass is 335 g/mol. The summed E-state index contributed by atoms with van der Waals surface area (Å²) in [6.07, 6.45) is 0.848. The van der Waals surface area contributed by atoms with Crippen molar-refractivity contribution in [3.63, 3.8) is 0 Å². The molecule has 2 rings (SSSR count). The van der Waals surface area contributed by atoms with Gasteiger partial charge in [0, 0.05) is 30.6 Å². The van der Waals surface area contributed by atoms with Gasteiger partial charge in [-0.3, -0.25) is 15.0 Å². The molecule has 0 spiro atoms. The van der Waals surface area contributed by atoms with Gasteiger partial charge in [-0.2, -0.15) is 11.8 Å². The van der Waals surface area contributed by atoms with E-state index in [1.807, 2.05) is 18.7 Å². The topological polar surface area (TPSA) is 61.4 Å². The van der Waals surface area contributed by atoms with E-state index in [0.717, 1.165) is 24.5 Å². The quantitative estimate of drug-likeness (QED) is 0.867. The highest BCUT2D eigenvalue weighted by Gasteiger charge is 2.26. The average Bonchev–Trinajstić information content (AvgIpc) is 2.54. The second-order valence-electron chi connectivity index (χ2n) is 5.78. The molecular formula is C17H25N3O2S. The van der Waals surface area contributed by atoms with E-state index in [4.69, 9.17) is 0 Å². The maximum Gasteiger partial charge on any atom is 0.321 e. The molecular weight excluding hydrogens is 310 g/mol. The molecule has 1 aromatic carbocycles. The van der Waals surface area contributed by atoms with Gasteiger partial charge < -0.3 is 5.32 Å². The number of carbonyl (C=O) groups excluding carboxylic acids is 2. The van der Waals surface area contributed by atoms with E-state index in [-0.39, 0.29) is 18.5 Å². The van der Waals surface area contributed by atoms with Crippen molar-refractivity contribution in [3.8, 4) is 0 Å². The number of urea groups is 1. The van der Waals surface area contributed by atoms with Crippen molar-refractivity contribution < 1.29 is 9.59 Å². The fourth-order valence-corrected chi connectivity index (χ4v) is 3.71. The van der Waals surface area contributed by atoms with E-state index in [9.17, 15) is 9.59 Å². The lowest BCUT2D eigenvalue weighted by Crippen LogP contribution is -2.47. The van der Waals surface area contributed by atoms with Crippen molar-refractivity contribution in [2.24, 2.45) is 0 Å². The Morgan fingerprint density at radius 3 is 2.74 bits per heavy atom. The maximum atomic E-state index is 12.1. The molecule has 0 aliphatic carbocycles. The summed E-state index contributed by atoms with van der Waals surface area (Å²) in [5, 5.41) is 5.06. The lowest BCUT2D eigenvalue weighted by molar-refractivity contribution is -0.121. The van der Waals surface area contributed by atoms with Crippen LogP contribution in [0.4, 0.5) is 4.79 Å². The summed E-state index contributed by atoms with van der Waals surface area (Å²) in [6.45, 7) is 5.72. The highest BCUT2D eigenvalue weighted by atomic mass is 32.2. The van der Waals surface area contributed by atoms with Crippen molar-refractivity contribution >= 4 is 23.7 Å². The van der Waals surface area contributed by atoms with Gasteiger partial charge in [-0.25, -0.2) is 4.79 Å². The minimum atomic E-state index is -0.407. The van der Waals surface area contributed by atoms with E-state index in [1.54, 1.807) is 0 Å². The molecule has 1 atom stereocenters. The molecule has 0 bridgehead atoms. The molecule has 23 heavy (non-hydrogen) atoms. The highest BCUT2D eigenvalue weighted by molar-refractivity contribution is 7.99. The molecule has 1 aliphatic heterocycles. The lowest BCUT2D eigenvalue weighted by atomic mass is 10.0. The van der Waals surface area contributed by atoms with Crippen molar-refractivity contribution in [1.82, 2.24) is 15.5 Å². The van der Waals surface area contributed by atoms with E-state index in [1.165, 1.54) is 11.1 Å². The Bertz CT molecular complexity index is 533. The summed E-state index contributed by atoms with van der Waals surface area (Å²) in [4.78, 5) is 25.8. The van der Waals surface area contributed by atoms with Gasteiger partial charge in [0.25, 0.3) is 0 Å². The third-order valence-corrected chi connectivity index (χ3v) is 4.86. The summed E-state index contributed by atoms with van der Waals surface area (Å²) < 4.78 is 0. The van der Waals surface area contributed by atoms with Crippen molar-refractivity contribution in [2.75, 3.05) is 31.1 Å². The fraction of sp³-hybridized carbons (Fsp3) is 0.529. The van der Waals surface area contributed by atoms with Crippen LogP contribution in [-0.2, 0) is 4.79 Å². The Morgan fingerprint density at radius 2 is 2.04 bits per heavy atom. The second kappa shape index (κ2) is 8.93. The number of hydrogen-bond acceptors (Lipinski definition) is 4. The van der Waals surface area contributed by atoms with Crippen molar-refractivity contribution in [1.29, 1.82) is 0 Å². The van der Waals surface area contributed by atoms with E-state index in [0.29, 0.717) is 6.54 Å². The Labute approximate surface area is 142 Å². The number of benzene rings is 1. The van der Waals surface area contributed by atoms with Crippen LogP contribution in [0.15, 0.2) is 24.3 Å². The minimum absolute atomic E-state index is 0.221. The third-order valence-electron chi connectivity index (χ3n) is 3.84. The first-order valence-corrected chi connectivity index (χ1v) is 9.21. The van der Waals surface area contributed by atoms with Crippen molar-refractivity contribution in [3.05, 3.63) is 35.4 Å². The Balaban J connectivity index is 1.94. The number of nitrogens with one attached hydrogen (secondary N) is 2. The van der Waals surface area contributed by atoms with E-state index >= 15 is 0 Å². The van der Waals surface area contributed by atoms with Gasteiger partial charge in [-0.1, -0.05) is 36.8 Å². The van der Waals surface area contributed by atoms with Gasteiger partial charge in [0.2, 0.25) is 5.91 Å². The van der Waals surface area contributed by atoms with Crippen LogP contribution < -0.4 is 10.6 Å². The lowest BCUT2D eigenvalue weighted by Gasteiger charge is -2.35. The molecule has 6 heteroatoms. The molecule has 1 saturated heterocycles. The van der Waals surface area contributed by atoms with Gasteiger partial charge in [0.15, 0.2) is 0 Å². The molecule has 3 amide bonds. The maximum absolute atomic E-state index is 12.1. The summed E-state index contributed by atoms with van der Waals surface area (Å²) in [5.41, 5.74) is 2.46. The average molecular weight is 335 g/mol. The molecule has 1 unspecified atom stereocenters. The predicted molar refractivity (Wildman–Crippen MR) is 94.7 cm³/mol. The number of rotatable bonds is 5. The molecule has 1 aliphatic rings. The molecule has 0 saturated carbocycles. The normalized spacial score (nSPS) is 18.4. The number of amides is 3. The minimum Gasteiger partial charge on any atom is -0.338 e. The SMILES string of the molecule is CCCNC(=O)NC(=O)CN1CCSCC1c1ccc(C)cc1. The molecule has 2 N–H and O–H groups in total. The van der Waals surface area contributed by atoms with Gasteiger partial charge >= 0.3 is 6.03 Å². The molecule has 0 aromatic heterocycles. The summed E-state index contributed by atoms with van der Waals surface area (Å²) in [5.74, 6) is 1.73. The van der Waals surface area contributed by atoms with Crippen LogP contribution in [0.3, 0.4) is 0 Å². The zero-order valence-electron chi connectivity index (χ0n) is 13.8. The zero-order valence-corrected chi connectivity index (χ0v) is 14.6. The molecule has 126 valence electrons. The summed E-state index contributed by atoms with van der Waals surface area (Å²) in [6, 6.07) is 8.28. The van der Waals surface area contributed by atoms with Crippen molar-refractivity contribution in [2.45, 2.75) is 26.3 Å². The number of carbonyl (C=O) groups is 2. The molecule has 1 heterocycles. The molecule has 5 nitrogen and oxygen atoms in total. The number of imide groups is 1. The molecule has 0 radical (unpaired) electrons. The Hall–Kier alpha value is -1.53.